The van der Waals surface area contributed by atoms with Gasteiger partial charge in [0.15, 0.2) is 5.82 Å². The highest BCUT2D eigenvalue weighted by molar-refractivity contribution is 5.08. The maximum Gasteiger partial charge on any atom is 0.244 e. The summed E-state index contributed by atoms with van der Waals surface area (Å²) in [6.45, 7) is 3.32. The van der Waals surface area contributed by atoms with E-state index in [1.165, 1.54) is 32.1 Å². The van der Waals surface area contributed by atoms with Gasteiger partial charge in [-0.05, 0) is 50.0 Å². The van der Waals surface area contributed by atoms with Crippen LogP contribution in [0.5, 0.6) is 0 Å². The zero-order chi connectivity index (χ0) is 12.1. The fraction of sp³-hybridized carbons (Fsp3) is 0.857. The summed E-state index contributed by atoms with van der Waals surface area (Å²) < 4.78 is 5.52. The lowest BCUT2D eigenvalue weighted by Crippen LogP contribution is -2.17. The molecule has 18 heavy (non-hydrogen) atoms. The zero-order valence-electron chi connectivity index (χ0n) is 10.9. The van der Waals surface area contributed by atoms with E-state index in [1.54, 1.807) is 0 Å². The first kappa shape index (κ1) is 11.0. The molecule has 3 aliphatic rings. The molecule has 2 bridgehead atoms. The molecule has 5 atom stereocenters. The van der Waals surface area contributed by atoms with E-state index in [4.69, 9.17) is 9.51 Å². The maximum absolute atomic E-state index is 5.52. The van der Waals surface area contributed by atoms with Gasteiger partial charge in [-0.3, -0.25) is 0 Å². The van der Waals surface area contributed by atoms with Crippen molar-refractivity contribution in [1.29, 1.82) is 0 Å². The van der Waals surface area contributed by atoms with Crippen molar-refractivity contribution in [2.75, 3.05) is 6.54 Å². The third kappa shape index (κ3) is 1.62. The molecule has 1 aliphatic heterocycles. The molecule has 4 heteroatoms. The largest absolute Gasteiger partial charge is 0.338 e. The van der Waals surface area contributed by atoms with Crippen LogP contribution in [-0.2, 0) is 0 Å². The Kier molecular flexibility index (Phi) is 2.47. The lowest BCUT2D eigenvalue weighted by Gasteiger charge is -2.17. The maximum atomic E-state index is 5.52. The average Bonchev–Trinajstić information content (AvgIpc) is 3.12. The minimum atomic E-state index is 0.282. The Labute approximate surface area is 108 Å². The van der Waals surface area contributed by atoms with Crippen LogP contribution in [0.25, 0.3) is 0 Å². The first-order valence-corrected chi connectivity index (χ1v) is 7.38. The molecule has 0 spiro atoms. The van der Waals surface area contributed by atoms with Gasteiger partial charge in [-0.1, -0.05) is 18.5 Å². The number of nitrogens with zero attached hydrogens (tertiary/aromatic N) is 2. The van der Waals surface area contributed by atoms with Gasteiger partial charge in [0.05, 0.1) is 6.04 Å². The molecule has 1 aromatic rings. The molecule has 98 valence electrons. The van der Waals surface area contributed by atoms with Gasteiger partial charge in [0.25, 0.3) is 0 Å². The molecule has 0 amide bonds. The van der Waals surface area contributed by atoms with Gasteiger partial charge in [-0.15, -0.1) is 0 Å². The number of fused-ring (bicyclic) bond motifs is 2. The van der Waals surface area contributed by atoms with Crippen molar-refractivity contribution in [1.82, 2.24) is 15.5 Å². The second-order valence-corrected chi connectivity index (χ2v) is 6.47. The quantitative estimate of drug-likeness (QED) is 0.873. The number of hydrogen-bond acceptors (Lipinski definition) is 4. The third-order valence-electron chi connectivity index (χ3n) is 5.33. The van der Waals surface area contributed by atoms with Crippen molar-refractivity contribution in [3.8, 4) is 0 Å². The summed E-state index contributed by atoms with van der Waals surface area (Å²) in [5.41, 5.74) is 0. The van der Waals surface area contributed by atoms with Crippen LogP contribution in [0.4, 0.5) is 0 Å². The molecule has 4 nitrogen and oxygen atoms in total. The van der Waals surface area contributed by atoms with Gasteiger partial charge in [0, 0.05) is 5.92 Å². The minimum absolute atomic E-state index is 0.282. The van der Waals surface area contributed by atoms with Crippen LogP contribution in [0.2, 0.25) is 0 Å². The van der Waals surface area contributed by atoms with Crippen LogP contribution in [0, 0.1) is 17.8 Å². The van der Waals surface area contributed by atoms with E-state index in [2.05, 4.69) is 17.4 Å². The average molecular weight is 247 g/mol. The van der Waals surface area contributed by atoms with E-state index in [1.807, 2.05) is 0 Å². The summed E-state index contributed by atoms with van der Waals surface area (Å²) in [4.78, 5) is 4.70. The normalized spacial score (nSPS) is 42.8. The van der Waals surface area contributed by atoms with Crippen LogP contribution in [0.15, 0.2) is 4.52 Å². The zero-order valence-corrected chi connectivity index (χ0v) is 10.9. The van der Waals surface area contributed by atoms with Crippen LogP contribution < -0.4 is 5.32 Å². The summed E-state index contributed by atoms with van der Waals surface area (Å²) in [6, 6.07) is 0.282. The minimum Gasteiger partial charge on any atom is -0.338 e. The van der Waals surface area contributed by atoms with Crippen molar-refractivity contribution in [2.45, 2.75) is 51.0 Å². The fourth-order valence-corrected chi connectivity index (χ4v) is 4.25. The molecular formula is C14H21N3O. The van der Waals surface area contributed by atoms with Crippen LogP contribution in [0.1, 0.15) is 62.7 Å². The third-order valence-corrected chi connectivity index (χ3v) is 5.33. The number of rotatable bonds is 2. The second kappa shape index (κ2) is 4.05. The molecule has 1 N–H and O–H groups in total. The molecule has 5 unspecified atom stereocenters. The van der Waals surface area contributed by atoms with Crippen LogP contribution >= 0.6 is 0 Å². The van der Waals surface area contributed by atoms with E-state index < -0.39 is 0 Å². The second-order valence-electron chi connectivity index (χ2n) is 6.47. The van der Waals surface area contributed by atoms with Gasteiger partial charge in [-0.2, -0.15) is 4.98 Å². The van der Waals surface area contributed by atoms with Crippen molar-refractivity contribution in [2.24, 2.45) is 17.8 Å². The standard InChI is InChI=1S/C14H21N3O/c1-8-4-5-15-12(8)14-16-13(17-18-14)11-7-9-2-3-10(11)6-9/h8-12,15H,2-7H2,1H3. The molecule has 2 saturated carbocycles. The van der Waals surface area contributed by atoms with Gasteiger partial charge in [0.2, 0.25) is 5.89 Å². The lowest BCUT2D eigenvalue weighted by atomic mass is 9.88. The summed E-state index contributed by atoms with van der Waals surface area (Å²) in [5, 5.41) is 7.73. The molecular weight excluding hydrogens is 226 g/mol. The predicted octanol–water partition coefficient (Wildman–Crippen LogP) is 2.64. The predicted molar refractivity (Wildman–Crippen MR) is 67.0 cm³/mol. The molecule has 2 aliphatic carbocycles. The molecule has 2 heterocycles. The number of aromatic nitrogens is 2. The van der Waals surface area contributed by atoms with E-state index in [0.717, 1.165) is 30.1 Å². The van der Waals surface area contributed by atoms with Gasteiger partial charge in [0.1, 0.15) is 0 Å². The smallest absolute Gasteiger partial charge is 0.244 e. The van der Waals surface area contributed by atoms with Crippen molar-refractivity contribution >= 4 is 0 Å². The summed E-state index contributed by atoms with van der Waals surface area (Å²) in [6.07, 6.45) is 6.69. The molecule has 0 radical (unpaired) electrons. The summed E-state index contributed by atoms with van der Waals surface area (Å²) in [7, 11) is 0. The van der Waals surface area contributed by atoms with E-state index in [-0.39, 0.29) is 6.04 Å². The summed E-state index contributed by atoms with van der Waals surface area (Å²) >= 11 is 0. The van der Waals surface area contributed by atoms with E-state index in [0.29, 0.717) is 11.8 Å². The Bertz CT molecular complexity index is 444. The first-order chi connectivity index (χ1) is 8.81. The topological polar surface area (TPSA) is 51.0 Å². The molecule has 0 aromatic carbocycles. The van der Waals surface area contributed by atoms with Crippen molar-refractivity contribution in [3.05, 3.63) is 11.7 Å². The van der Waals surface area contributed by atoms with Crippen molar-refractivity contribution in [3.63, 3.8) is 0 Å². The highest BCUT2D eigenvalue weighted by Crippen LogP contribution is 2.52. The van der Waals surface area contributed by atoms with Crippen LogP contribution in [0.3, 0.4) is 0 Å². The Balaban J connectivity index is 1.55. The van der Waals surface area contributed by atoms with Crippen molar-refractivity contribution < 1.29 is 4.52 Å². The van der Waals surface area contributed by atoms with Crippen LogP contribution in [-0.4, -0.2) is 16.7 Å². The number of nitrogens with one attached hydrogen (secondary N) is 1. The fourth-order valence-electron chi connectivity index (χ4n) is 4.25. The molecule has 1 saturated heterocycles. The highest BCUT2D eigenvalue weighted by Gasteiger charge is 2.42. The lowest BCUT2D eigenvalue weighted by molar-refractivity contribution is 0.311. The Morgan fingerprint density at radius 2 is 2.17 bits per heavy atom. The molecule has 3 fully saturated rings. The Morgan fingerprint density at radius 1 is 1.22 bits per heavy atom. The Hall–Kier alpha value is -0.900. The molecule has 4 rings (SSSR count). The van der Waals surface area contributed by atoms with Gasteiger partial charge in [-0.25, -0.2) is 0 Å². The van der Waals surface area contributed by atoms with E-state index >= 15 is 0 Å². The SMILES string of the molecule is CC1CCNC1c1nc(C2CC3CCC2C3)no1. The highest BCUT2D eigenvalue weighted by atomic mass is 16.5. The molecule has 1 aromatic heterocycles. The summed E-state index contributed by atoms with van der Waals surface area (Å²) in [5.74, 6) is 4.76. The van der Waals surface area contributed by atoms with Gasteiger partial charge < -0.3 is 9.84 Å². The monoisotopic (exact) mass is 247 g/mol. The number of hydrogen-bond donors (Lipinski definition) is 1. The Morgan fingerprint density at radius 3 is 2.83 bits per heavy atom. The van der Waals surface area contributed by atoms with Gasteiger partial charge >= 0.3 is 0 Å². The van der Waals surface area contributed by atoms with E-state index in [9.17, 15) is 0 Å². The first-order valence-electron chi connectivity index (χ1n) is 7.38.